The van der Waals surface area contributed by atoms with Crippen molar-refractivity contribution >= 4 is 16.0 Å². The molecule has 0 saturated carbocycles. The highest BCUT2D eigenvalue weighted by Crippen LogP contribution is 1.92. The fourth-order valence-corrected chi connectivity index (χ4v) is 1.73. The normalized spacial score (nSPS) is 13.3. The maximum Gasteiger partial charge on any atom is 0.326 e. The van der Waals surface area contributed by atoms with Crippen LogP contribution in [0.2, 0.25) is 0 Å². The first kappa shape index (κ1) is 13.1. The van der Waals surface area contributed by atoms with Crippen LogP contribution in [0.3, 0.4) is 0 Å². The number of methoxy groups -OCH3 is 1. The largest absolute Gasteiger partial charge is 0.468 e. The van der Waals surface area contributed by atoms with Crippen molar-refractivity contribution < 1.29 is 23.1 Å². The van der Waals surface area contributed by atoms with Gasteiger partial charge < -0.3 is 9.84 Å². The zero-order chi connectivity index (χ0) is 11.2. The first-order valence-electron chi connectivity index (χ1n) is 3.76. The van der Waals surface area contributed by atoms with Gasteiger partial charge in [-0.2, -0.15) is 4.72 Å². The molecule has 0 aliphatic heterocycles. The summed E-state index contributed by atoms with van der Waals surface area (Å²) in [6.07, 6.45) is 1.17. The minimum atomic E-state index is -3.63. The Morgan fingerprint density at radius 1 is 1.71 bits per heavy atom. The van der Waals surface area contributed by atoms with Crippen molar-refractivity contribution in [2.45, 2.75) is 6.04 Å². The number of rotatable bonds is 6. The van der Waals surface area contributed by atoms with Gasteiger partial charge in [0.05, 0.1) is 19.5 Å². The van der Waals surface area contributed by atoms with E-state index in [1.165, 1.54) is 6.08 Å². The summed E-state index contributed by atoms with van der Waals surface area (Å²) in [6, 6.07) is -1.26. The summed E-state index contributed by atoms with van der Waals surface area (Å²) in [4.78, 5) is 10.9. The number of aliphatic hydroxyl groups excluding tert-OH is 1. The molecule has 7 heteroatoms. The molecule has 0 aliphatic carbocycles. The molecular formula is C7H13NO5S. The minimum Gasteiger partial charge on any atom is -0.468 e. The Balaban J connectivity index is 4.46. The highest BCUT2D eigenvalue weighted by Gasteiger charge is 2.23. The van der Waals surface area contributed by atoms with Crippen LogP contribution in [0.4, 0.5) is 0 Å². The van der Waals surface area contributed by atoms with Crippen molar-refractivity contribution in [3.05, 3.63) is 12.7 Å². The quantitative estimate of drug-likeness (QED) is 0.428. The van der Waals surface area contributed by atoms with E-state index in [0.29, 0.717) is 0 Å². The van der Waals surface area contributed by atoms with E-state index in [9.17, 15) is 13.2 Å². The molecule has 6 nitrogen and oxygen atoms in total. The molecule has 0 aliphatic rings. The number of nitrogens with one attached hydrogen (secondary N) is 1. The van der Waals surface area contributed by atoms with Crippen LogP contribution in [0, 0.1) is 0 Å². The molecule has 14 heavy (non-hydrogen) atoms. The smallest absolute Gasteiger partial charge is 0.326 e. The standard InChI is InChI=1S/C7H13NO5S/c1-3-4-14(11,12)8-6(5-9)7(10)13-2/h3,6,8-9H,1,4-5H2,2H3. The van der Waals surface area contributed by atoms with E-state index in [-0.39, 0.29) is 5.75 Å². The first-order valence-corrected chi connectivity index (χ1v) is 5.41. The van der Waals surface area contributed by atoms with Gasteiger partial charge in [0, 0.05) is 0 Å². The highest BCUT2D eigenvalue weighted by atomic mass is 32.2. The average molecular weight is 223 g/mol. The van der Waals surface area contributed by atoms with Crippen LogP contribution in [0.25, 0.3) is 0 Å². The number of hydrogen-bond acceptors (Lipinski definition) is 5. The fourth-order valence-electron chi connectivity index (χ4n) is 0.722. The Morgan fingerprint density at radius 2 is 2.29 bits per heavy atom. The molecule has 1 atom stereocenters. The number of esters is 1. The maximum atomic E-state index is 11.1. The van der Waals surface area contributed by atoms with E-state index < -0.39 is 28.6 Å². The molecule has 0 aromatic carbocycles. The molecule has 1 unspecified atom stereocenters. The van der Waals surface area contributed by atoms with Crippen molar-refractivity contribution in [1.82, 2.24) is 4.72 Å². The van der Waals surface area contributed by atoms with Gasteiger partial charge in [-0.25, -0.2) is 8.42 Å². The van der Waals surface area contributed by atoms with Gasteiger partial charge in [0.1, 0.15) is 6.04 Å². The molecular weight excluding hydrogens is 210 g/mol. The second-order valence-corrected chi connectivity index (χ2v) is 4.24. The molecule has 0 radical (unpaired) electrons. The van der Waals surface area contributed by atoms with Crippen molar-refractivity contribution in [3.8, 4) is 0 Å². The lowest BCUT2D eigenvalue weighted by Gasteiger charge is -2.12. The lowest BCUT2D eigenvalue weighted by atomic mass is 10.3. The summed E-state index contributed by atoms with van der Waals surface area (Å²) >= 11 is 0. The summed E-state index contributed by atoms with van der Waals surface area (Å²) in [7, 11) is -2.52. The number of carbonyl (C=O) groups is 1. The Labute approximate surface area is 82.6 Å². The van der Waals surface area contributed by atoms with Crippen LogP contribution >= 0.6 is 0 Å². The van der Waals surface area contributed by atoms with Gasteiger partial charge in [0.15, 0.2) is 0 Å². The van der Waals surface area contributed by atoms with E-state index in [0.717, 1.165) is 7.11 Å². The van der Waals surface area contributed by atoms with Crippen LogP contribution < -0.4 is 4.72 Å². The number of hydrogen-bond donors (Lipinski definition) is 2. The number of ether oxygens (including phenoxy) is 1. The molecule has 2 N–H and O–H groups in total. The van der Waals surface area contributed by atoms with E-state index in [4.69, 9.17) is 5.11 Å². The minimum absolute atomic E-state index is 0.319. The maximum absolute atomic E-state index is 11.1. The third kappa shape index (κ3) is 4.35. The van der Waals surface area contributed by atoms with Gasteiger partial charge in [-0.15, -0.1) is 6.58 Å². The van der Waals surface area contributed by atoms with Crippen LogP contribution in [-0.4, -0.2) is 45.0 Å². The Kier molecular flexibility index (Phi) is 5.36. The lowest BCUT2D eigenvalue weighted by molar-refractivity contribution is -0.143. The van der Waals surface area contributed by atoms with E-state index in [1.807, 2.05) is 4.72 Å². The molecule has 0 amide bonds. The summed E-state index contributed by atoms with van der Waals surface area (Å²) in [5.74, 6) is -1.15. The SMILES string of the molecule is C=CCS(=O)(=O)NC(CO)C(=O)OC. The third-order valence-electron chi connectivity index (χ3n) is 1.33. The van der Waals surface area contributed by atoms with Crippen molar-refractivity contribution in [1.29, 1.82) is 0 Å². The van der Waals surface area contributed by atoms with Gasteiger partial charge in [0.2, 0.25) is 10.0 Å². The van der Waals surface area contributed by atoms with Crippen LogP contribution in [0.1, 0.15) is 0 Å². The van der Waals surface area contributed by atoms with Gasteiger partial charge in [-0.3, -0.25) is 4.79 Å². The zero-order valence-corrected chi connectivity index (χ0v) is 8.58. The number of aliphatic hydroxyl groups is 1. The molecule has 0 aromatic heterocycles. The topological polar surface area (TPSA) is 92.7 Å². The predicted molar refractivity (Wildman–Crippen MR) is 50.0 cm³/mol. The molecule has 0 heterocycles. The summed E-state index contributed by atoms with van der Waals surface area (Å²) in [5.41, 5.74) is 0. The van der Waals surface area contributed by atoms with E-state index in [1.54, 1.807) is 0 Å². The third-order valence-corrected chi connectivity index (χ3v) is 2.65. The fraction of sp³-hybridized carbons (Fsp3) is 0.571. The van der Waals surface area contributed by atoms with E-state index in [2.05, 4.69) is 11.3 Å². The van der Waals surface area contributed by atoms with Crippen molar-refractivity contribution in [3.63, 3.8) is 0 Å². The monoisotopic (exact) mass is 223 g/mol. The Bertz CT molecular complexity index is 297. The van der Waals surface area contributed by atoms with E-state index >= 15 is 0 Å². The average Bonchev–Trinajstić information content (AvgIpc) is 2.13. The van der Waals surface area contributed by atoms with Gasteiger partial charge in [-0.1, -0.05) is 6.08 Å². The van der Waals surface area contributed by atoms with Gasteiger partial charge in [0.25, 0.3) is 0 Å². The van der Waals surface area contributed by atoms with Crippen molar-refractivity contribution in [2.24, 2.45) is 0 Å². The second kappa shape index (κ2) is 5.74. The number of sulfonamides is 1. The predicted octanol–water partition coefficient (Wildman–Crippen LogP) is -1.37. The van der Waals surface area contributed by atoms with Crippen LogP contribution in [0.5, 0.6) is 0 Å². The lowest BCUT2D eigenvalue weighted by Crippen LogP contribution is -2.44. The first-order chi connectivity index (χ1) is 6.46. The summed E-state index contributed by atoms with van der Waals surface area (Å²) < 4.78 is 28.5. The van der Waals surface area contributed by atoms with Crippen LogP contribution in [0.15, 0.2) is 12.7 Å². The number of carbonyl (C=O) groups excluding carboxylic acids is 1. The molecule has 82 valence electrons. The highest BCUT2D eigenvalue weighted by molar-refractivity contribution is 7.89. The zero-order valence-electron chi connectivity index (χ0n) is 7.76. The molecule has 0 spiro atoms. The van der Waals surface area contributed by atoms with Crippen molar-refractivity contribution in [2.75, 3.05) is 19.5 Å². The summed E-state index contributed by atoms with van der Waals surface area (Å²) in [6.45, 7) is 2.60. The Morgan fingerprint density at radius 3 is 2.64 bits per heavy atom. The molecule has 0 fully saturated rings. The molecule has 0 aromatic rings. The Hall–Kier alpha value is -0.920. The summed E-state index contributed by atoms with van der Waals surface area (Å²) in [5, 5.41) is 8.71. The van der Waals surface area contributed by atoms with Crippen LogP contribution in [-0.2, 0) is 19.6 Å². The molecule has 0 rings (SSSR count). The second-order valence-electron chi connectivity index (χ2n) is 2.45. The molecule has 0 bridgehead atoms. The van der Waals surface area contributed by atoms with Gasteiger partial charge >= 0.3 is 5.97 Å². The van der Waals surface area contributed by atoms with Gasteiger partial charge in [-0.05, 0) is 0 Å². The molecule has 0 saturated heterocycles.